The lowest BCUT2D eigenvalue weighted by Gasteiger charge is -2.09. The minimum Gasteiger partial charge on any atom is -0.488 e. The van der Waals surface area contributed by atoms with Gasteiger partial charge in [-0.15, -0.1) is 0 Å². The monoisotopic (exact) mass is 568 g/mol. The van der Waals surface area contributed by atoms with Crippen LogP contribution in [0.15, 0.2) is 76.3 Å². The summed E-state index contributed by atoms with van der Waals surface area (Å²) in [5.74, 6) is 0.503. The summed E-state index contributed by atoms with van der Waals surface area (Å²) in [6.45, 7) is 0.494. The highest BCUT2D eigenvalue weighted by molar-refractivity contribution is 14.1. The molecule has 0 saturated carbocycles. The van der Waals surface area contributed by atoms with Gasteiger partial charge in [0.05, 0.1) is 9.78 Å². The van der Waals surface area contributed by atoms with E-state index in [1.165, 1.54) is 0 Å². The zero-order valence-electron chi connectivity index (χ0n) is 14.5. The summed E-state index contributed by atoms with van der Waals surface area (Å²) in [6.07, 6.45) is 1.59. The molecule has 0 saturated heterocycles. The molecule has 0 spiro atoms. The Bertz CT molecular complexity index is 992. The standard InChI is InChI=1S/C21H15BrClIN2O2/c22-17-6-1-14(2-7-17)13-28-20-10-3-15(11-19(20)24)12-25-26-21(27)16-4-8-18(23)9-5-16/h1-12H,13H2,(H,26,27)/b25-12-. The summed E-state index contributed by atoms with van der Waals surface area (Å²) in [6, 6.07) is 20.3. The normalized spacial score (nSPS) is 10.8. The third-order valence-corrected chi connectivity index (χ3v) is 5.37. The molecule has 4 nitrogen and oxygen atoms in total. The van der Waals surface area contributed by atoms with Crippen molar-refractivity contribution in [3.63, 3.8) is 0 Å². The van der Waals surface area contributed by atoms with Crippen molar-refractivity contribution >= 4 is 62.2 Å². The first-order valence-electron chi connectivity index (χ1n) is 8.27. The summed E-state index contributed by atoms with van der Waals surface area (Å²) in [5.41, 5.74) is 4.95. The topological polar surface area (TPSA) is 50.7 Å². The summed E-state index contributed by atoms with van der Waals surface area (Å²) in [7, 11) is 0. The zero-order valence-corrected chi connectivity index (χ0v) is 19.0. The first-order valence-corrected chi connectivity index (χ1v) is 10.5. The van der Waals surface area contributed by atoms with Crippen LogP contribution < -0.4 is 10.2 Å². The molecule has 0 aliphatic carbocycles. The molecule has 0 radical (unpaired) electrons. The molecule has 1 amide bonds. The largest absolute Gasteiger partial charge is 0.488 e. The van der Waals surface area contributed by atoms with Gasteiger partial charge in [0.25, 0.3) is 5.91 Å². The summed E-state index contributed by atoms with van der Waals surface area (Å²) in [5, 5.41) is 4.59. The molecular weight excluding hydrogens is 555 g/mol. The number of benzene rings is 3. The average Bonchev–Trinajstić information content (AvgIpc) is 2.69. The molecule has 0 unspecified atom stereocenters. The smallest absolute Gasteiger partial charge is 0.271 e. The molecule has 0 bridgehead atoms. The molecule has 3 aromatic carbocycles. The third kappa shape index (κ3) is 6.05. The molecule has 28 heavy (non-hydrogen) atoms. The van der Waals surface area contributed by atoms with Gasteiger partial charge in [-0.25, -0.2) is 5.43 Å². The van der Waals surface area contributed by atoms with Gasteiger partial charge in [-0.05, 0) is 88.3 Å². The van der Waals surface area contributed by atoms with Crippen molar-refractivity contribution in [2.75, 3.05) is 0 Å². The SMILES string of the molecule is O=C(N/N=C\c1ccc(OCc2ccc(Br)cc2)c(I)c1)c1ccc(Cl)cc1. The van der Waals surface area contributed by atoms with Gasteiger partial charge in [-0.2, -0.15) is 5.10 Å². The molecular formula is C21H15BrClIN2O2. The molecule has 0 aliphatic heterocycles. The van der Waals surface area contributed by atoms with Crippen LogP contribution in [-0.2, 0) is 6.61 Å². The van der Waals surface area contributed by atoms with Gasteiger partial charge >= 0.3 is 0 Å². The highest BCUT2D eigenvalue weighted by Crippen LogP contribution is 2.23. The van der Waals surface area contributed by atoms with E-state index in [0.717, 1.165) is 24.9 Å². The highest BCUT2D eigenvalue weighted by Gasteiger charge is 2.05. The van der Waals surface area contributed by atoms with E-state index in [4.69, 9.17) is 16.3 Å². The highest BCUT2D eigenvalue weighted by atomic mass is 127. The van der Waals surface area contributed by atoms with E-state index < -0.39 is 0 Å². The Hall–Kier alpha value is -1.90. The van der Waals surface area contributed by atoms with Crippen molar-refractivity contribution in [3.8, 4) is 5.75 Å². The minimum absolute atomic E-state index is 0.294. The molecule has 0 aliphatic rings. The third-order valence-electron chi connectivity index (χ3n) is 3.75. The van der Waals surface area contributed by atoms with Crippen LogP contribution in [0.3, 0.4) is 0 Å². The van der Waals surface area contributed by atoms with Gasteiger partial charge in [0, 0.05) is 15.1 Å². The lowest BCUT2D eigenvalue weighted by Crippen LogP contribution is -2.17. The molecule has 0 aromatic heterocycles. The van der Waals surface area contributed by atoms with Crippen molar-refractivity contribution in [1.29, 1.82) is 0 Å². The Morgan fingerprint density at radius 1 is 1.11 bits per heavy atom. The van der Waals surface area contributed by atoms with Gasteiger partial charge in [0.1, 0.15) is 12.4 Å². The van der Waals surface area contributed by atoms with E-state index >= 15 is 0 Å². The molecule has 0 atom stereocenters. The van der Waals surface area contributed by atoms with Crippen LogP contribution in [0.25, 0.3) is 0 Å². The number of carbonyl (C=O) groups excluding carboxylic acids is 1. The van der Waals surface area contributed by atoms with Crippen LogP contribution in [0.5, 0.6) is 5.75 Å². The fourth-order valence-corrected chi connectivity index (χ4v) is 3.37. The van der Waals surface area contributed by atoms with Gasteiger partial charge < -0.3 is 4.74 Å². The number of rotatable bonds is 6. The summed E-state index contributed by atoms with van der Waals surface area (Å²) < 4.78 is 7.88. The van der Waals surface area contributed by atoms with E-state index in [1.807, 2.05) is 42.5 Å². The van der Waals surface area contributed by atoms with Gasteiger partial charge in [0.15, 0.2) is 0 Å². The Kier molecular flexibility index (Phi) is 7.47. The van der Waals surface area contributed by atoms with Crippen LogP contribution in [0, 0.1) is 3.57 Å². The first kappa shape index (κ1) is 20.8. The van der Waals surface area contributed by atoms with E-state index in [2.05, 4.69) is 49.0 Å². The second-order valence-electron chi connectivity index (χ2n) is 5.81. The zero-order chi connectivity index (χ0) is 19.9. The van der Waals surface area contributed by atoms with Gasteiger partial charge in [0.2, 0.25) is 0 Å². The molecule has 1 N–H and O–H groups in total. The van der Waals surface area contributed by atoms with E-state index in [1.54, 1.807) is 30.5 Å². The van der Waals surface area contributed by atoms with Crippen molar-refractivity contribution in [3.05, 3.63) is 96.5 Å². The molecule has 3 rings (SSSR count). The number of hydrazone groups is 1. The summed E-state index contributed by atoms with van der Waals surface area (Å²) >= 11 is 11.5. The minimum atomic E-state index is -0.294. The average molecular weight is 570 g/mol. The van der Waals surface area contributed by atoms with Gasteiger partial charge in [-0.1, -0.05) is 39.7 Å². The van der Waals surface area contributed by atoms with Crippen molar-refractivity contribution in [2.24, 2.45) is 5.10 Å². The molecule has 3 aromatic rings. The van der Waals surface area contributed by atoms with Crippen LogP contribution >= 0.6 is 50.1 Å². The number of nitrogens with zero attached hydrogens (tertiary/aromatic N) is 1. The molecule has 142 valence electrons. The molecule has 7 heteroatoms. The van der Waals surface area contributed by atoms with Crippen molar-refractivity contribution in [2.45, 2.75) is 6.61 Å². The quantitative estimate of drug-likeness (QED) is 0.223. The van der Waals surface area contributed by atoms with Gasteiger partial charge in [-0.3, -0.25) is 4.79 Å². The Morgan fingerprint density at radius 2 is 1.82 bits per heavy atom. The lowest BCUT2D eigenvalue weighted by molar-refractivity contribution is 0.0955. The summed E-state index contributed by atoms with van der Waals surface area (Å²) in [4.78, 5) is 12.0. The van der Waals surface area contributed by atoms with Crippen LogP contribution in [-0.4, -0.2) is 12.1 Å². The number of halogens is 3. The van der Waals surface area contributed by atoms with E-state index in [-0.39, 0.29) is 5.91 Å². The Morgan fingerprint density at radius 3 is 2.50 bits per heavy atom. The van der Waals surface area contributed by atoms with E-state index in [0.29, 0.717) is 17.2 Å². The Labute approximate surface area is 190 Å². The number of ether oxygens (including phenoxy) is 1. The van der Waals surface area contributed by atoms with Crippen LogP contribution in [0.4, 0.5) is 0 Å². The number of nitrogens with one attached hydrogen (secondary N) is 1. The maximum Gasteiger partial charge on any atom is 0.271 e. The maximum atomic E-state index is 12.0. The fraction of sp³-hybridized carbons (Fsp3) is 0.0476. The van der Waals surface area contributed by atoms with Crippen molar-refractivity contribution in [1.82, 2.24) is 5.43 Å². The van der Waals surface area contributed by atoms with E-state index in [9.17, 15) is 4.79 Å². The molecule has 0 fully saturated rings. The second-order valence-corrected chi connectivity index (χ2v) is 8.33. The first-order chi connectivity index (χ1) is 13.5. The number of amides is 1. The Balaban J connectivity index is 1.57. The fourth-order valence-electron chi connectivity index (χ4n) is 2.29. The lowest BCUT2D eigenvalue weighted by atomic mass is 10.2. The number of hydrogen-bond donors (Lipinski definition) is 1. The second kappa shape index (κ2) is 10.0. The molecule has 0 heterocycles. The van der Waals surface area contributed by atoms with Crippen LogP contribution in [0.1, 0.15) is 21.5 Å². The predicted molar refractivity (Wildman–Crippen MR) is 124 cm³/mol. The maximum absolute atomic E-state index is 12.0. The van der Waals surface area contributed by atoms with Crippen LogP contribution in [0.2, 0.25) is 5.02 Å². The number of carbonyl (C=O) groups is 1. The predicted octanol–water partition coefficient (Wildman–Crippen LogP) is 6.05. The van der Waals surface area contributed by atoms with Crippen molar-refractivity contribution < 1.29 is 9.53 Å². The number of hydrogen-bond acceptors (Lipinski definition) is 3.